The van der Waals surface area contributed by atoms with E-state index in [0.29, 0.717) is 5.89 Å². The third-order valence-electron chi connectivity index (χ3n) is 2.70. The van der Waals surface area contributed by atoms with E-state index in [1.165, 1.54) is 0 Å². The molecule has 1 aromatic heterocycles. The van der Waals surface area contributed by atoms with E-state index in [0.717, 1.165) is 27.9 Å². The summed E-state index contributed by atoms with van der Waals surface area (Å²) in [5, 5.41) is 0. The lowest BCUT2D eigenvalue weighted by molar-refractivity contribution is 0.619. The van der Waals surface area contributed by atoms with Gasteiger partial charge in [-0.15, -0.1) is 0 Å². The number of anilines is 1. The summed E-state index contributed by atoms with van der Waals surface area (Å²) in [6.45, 7) is 2.03. The van der Waals surface area contributed by atoms with Gasteiger partial charge in [-0.3, -0.25) is 0 Å². The SMILES string of the molecule is Cc1ccc2nc(-c3ccc(N)cc3)oc2c1. The van der Waals surface area contributed by atoms with Crippen molar-refractivity contribution < 1.29 is 4.42 Å². The average Bonchev–Trinajstić information content (AvgIpc) is 2.72. The van der Waals surface area contributed by atoms with E-state index in [-0.39, 0.29) is 0 Å². The summed E-state index contributed by atoms with van der Waals surface area (Å²) in [6.07, 6.45) is 0. The van der Waals surface area contributed by atoms with Gasteiger partial charge in [-0.2, -0.15) is 0 Å². The number of benzene rings is 2. The zero-order valence-corrected chi connectivity index (χ0v) is 9.47. The lowest BCUT2D eigenvalue weighted by Gasteiger charge is -1.95. The molecule has 0 saturated heterocycles. The van der Waals surface area contributed by atoms with E-state index in [4.69, 9.17) is 10.2 Å². The van der Waals surface area contributed by atoms with Gasteiger partial charge < -0.3 is 10.2 Å². The predicted molar refractivity (Wildman–Crippen MR) is 68.6 cm³/mol. The van der Waals surface area contributed by atoms with Crippen LogP contribution in [0.2, 0.25) is 0 Å². The number of nitrogen functional groups attached to an aromatic ring is 1. The average molecular weight is 224 g/mol. The fraction of sp³-hybridized carbons (Fsp3) is 0.0714. The van der Waals surface area contributed by atoms with Gasteiger partial charge in [0.2, 0.25) is 5.89 Å². The maximum atomic E-state index is 5.72. The number of fused-ring (bicyclic) bond motifs is 1. The Bertz CT molecular complexity index is 668. The Morgan fingerprint density at radius 3 is 2.59 bits per heavy atom. The maximum absolute atomic E-state index is 5.72. The first kappa shape index (κ1) is 9.90. The number of nitrogens with zero attached hydrogens (tertiary/aromatic N) is 1. The molecular formula is C14H12N2O. The zero-order valence-electron chi connectivity index (χ0n) is 9.47. The van der Waals surface area contributed by atoms with Crippen LogP contribution in [0.5, 0.6) is 0 Å². The second-order valence-electron chi connectivity index (χ2n) is 4.11. The Labute approximate surface area is 98.9 Å². The van der Waals surface area contributed by atoms with Crippen molar-refractivity contribution in [1.29, 1.82) is 0 Å². The number of aromatic nitrogens is 1. The highest BCUT2D eigenvalue weighted by atomic mass is 16.3. The molecule has 0 fully saturated rings. The molecule has 17 heavy (non-hydrogen) atoms. The largest absolute Gasteiger partial charge is 0.436 e. The van der Waals surface area contributed by atoms with Crippen molar-refractivity contribution in [2.45, 2.75) is 6.92 Å². The molecule has 0 saturated carbocycles. The van der Waals surface area contributed by atoms with Gasteiger partial charge in [-0.25, -0.2) is 4.98 Å². The highest BCUT2D eigenvalue weighted by Gasteiger charge is 2.07. The molecule has 0 aliphatic carbocycles. The van der Waals surface area contributed by atoms with E-state index >= 15 is 0 Å². The van der Waals surface area contributed by atoms with Gasteiger partial charge in [0.05, 0.1) is 0 Å². The monoisotopic (exact) mass is 224 g/mol. The first-order valence-corrected chi connectivity index (χ1v) is 5.45. The molecular weight excluding hydrogens is 212 g/mol. The molecule has 3 heteroatoms. The third kappa shape index (κ3) is 1.76. The van der Waals surface area contributed by atoms with Crippen molar-refractivity contribution >= 4 is 16.8 Å². The molecule has 84 valence electrons. The minimum absolute atomic E-state index is 0.630. The van der Waals surface area contributed by atoms with Crippen LogP contribution >= 0.6 is 0 Å². The van der Waals surface area contributed by atoms with Gasteiger partial charge in [0.15, 0.2) is 5.58 Å². The molecule has 3 aromatic rings. The lowest BCUT2D eigenvalue weighted by atomic mass is 10.2. The van der Waals surface area contributed by atoms with Gasteiger partial charge >= 0.3 is 0 Å². The Hall–Kier alpha value is -2.29. The van der Waals surface area contributed by atoms with Crippen molar-refractivity contribution in [2.75, 3.05) is 5.73 Å². The van der Waals surface area contributed by atoms with E-state index in [9.17, 15) is 0 Å². The van der Waals surface area contributed by atoms with Gasteiger partial charge in [0, 0.05) is 11.3 Å². The van der Waals surface area contributed by atoms with Gasteiger partial charge in [0.25, 0.3) is 0 Å². The minimum Gasteiger partial charge on any atom is -0.436 e. The number of aryl methyl sites for hydroxylation is 1. The number of hydrogen-bond donors (Lipinski definition) is 1. The normalized spacial score (nSPS) is 10.9. The molecule has 0 bridgehead atoms. The number of rotatable bonds is 1. The fourth-order valence-corrected chi connectivity index (χ4v) is 1.78. The molecule has 3 nitrogen and oxygen atoms in total. The van der Waals surface area contributed by atoms with Gasteiger partial charge in [-0.1, -0.05) is 6.07 Å². The smallest absolute Gasteiger partial charge is 0.227 e. The first-order chi connectivity index (χ1) is 8.22. The van der Waals surface area contributed by atoms with Crippen LogP contribution in [-0.2, 0) is 0 Å². The quantitative estimate of drug-likeness (QED) is 0.644. The van der Waals surface area contributed by atoms with E-state index in [1.54, 1.807) is 0 Å². The topological polar surface area (TPSA) is 52.0 Å². The second-order valence-corrected chi connectivity index (χ2v) is 4.11. The predicted octanol–water partition coefficient (Wildman–Crippen LogP) is 3.39. The summed E-state index contributed by atoms with van der Waals surface area (Å²) >= 11 is 0. The van der Waals surface area contributed by atoms with E-state index in [2.05, 4.69) is 4.98 Å². The Kier molecular flexibility index (Phi) is 2.11. The van der Waals surface area contributed by atoms with Gasteiger partial charge in [-0.05, 0) is 48.9 Å². The molecule has 0 atom stereocenters. The standard InChI is InChI=1S/C14H12N2O/c1-9-2-7-12-13(8-9)17-14(16-12)10-3-5-11(15)6-4-10/h2-8H,15H2,1H3. The molecule has 0 amide bonds. The minimum atomic E-state index is 0.630. The van der Waals surface area contributed by atoms with Gasteiger partial charge in [0.1, 0.15) is 5.52 Å². The fourth-order valence-electron chi connectivity index (χ4n) is 1.78. The van der Waals surface area contributed by atoms with Crippen LogP contribution in [0.4, 0.5) is 5.69 Å². The number of hydrogen-bond acceptors (Lipinski definition) is 3. The lowest BCUT2D eigenvalue weighted by Crippen LogP contribution is -1.83. The Morgan fingerprint density at radius 2 is 1.82 bits per heavy atom. The van der Waals surface area contributed by atoms with E-state index < -0.39 is 0 Å². The van der Waals surface area contributed by atoms with Crippen molar-refractivity contribution in [1.82, 2.24) is 4.98 Å². The second kappa shape index (κ2) is 3.63. The zero-order chi connectivity index (χ0) is 11.8. The molecule has 1 heterocycles. The summed E-state index contributed by atoms with van der Waals surface area (Å²) in [6, 6.07) is 13.5. The van der Waals surface area contributed by atoms with Crippen LogP contribution in [0, 0.1) is 6.92 Å². The molecule has 3 rings (SSSR count). The summed E-state index contributed by atoms with van der Waals surface area (Å²) in [4.78, 5) is 4.45. The molecule has 0 unspecified atom stereocenters. The molecule has 0 radical (unpaired) electrons. The number of nitrogens with two attached hydrogens (primary N) is 1. The van der Waals surface area contributed by atoms with Crippen molar-refractivity contribution in [3.63, 3.8) is 0 Å². The van der Waals surface area contributed by atoms with Crippen LogP contribution < -0.4 is 5.73 Å². The third-order valence-corrected chi connectivity index (χ3v) is 2.70. The maximum Gasteiger partial charge on any atom is 0.227 e. The number of oxazole rings is 1. The van der Waals surface area contributed by atoms with Crippen LogP contribution in [0.3, 0.4) is 0 Å². The molecule has 2 N–H and O–H groups in total. The first-order valence-electron chi connectivity index (χ1n) is 5.45. The van der Waals surface area contributed by atoms with Crippen LogP contribution in [-0.4, -0.2) is 4.98 Å². The molecule has 0 aliphatic heterocycles. The molecule has 0 aliphatic rings. The summed E-state index contributed by atoms with van der Waals surface area (Å²) < 4.78 is 5.72. The molecule has 2 aromatic carbocycles. The Morgan fingerprint density at radius 1 is 1.06 bits per heavy atom. The van der Waals surface area contributed by atoms with E-state index in [1.807, 2.05) is 49.4 Å². The van der Waals surface area contributed by atoms with Crippen LogP contribution in [0.1, 0.15) is 5.56 Å². The summed E-state index contributed by atoms with van der Waals surface area (Å²) in [7, 11) is 0. The Balaban J connectivity index is 2.14. The summed E-state index contributed by atoms with van der Waals surface area (Å²) in [5.74, 6) is 0.630. The van der Waals surface area contributed by atoms with Crippen molar-refractivity contribution in [3.8, 4) is 11.5 Å². The highest BCUT2D eigenvalue weighted by Crippen LogP contribution is 2.25. The highest BCUT2D eigenvalue weighted by molar-refractivity contribution is 5.77. The van der Waals surface area contributed by atoms with Crippen LogP contribution in [0.15, 0.2) is 46.9 Å². The van der Waals surface area contributed by atoms with Crippen LogP contribution in [0.25, 0.3) is 22.6 Å². The summed E-state index contributed by atoms with van der Waals surface area (Å²) in [5.41, 5.74) is 10.2. The molecule has 0 spiro atoms. The van der Waals surface area contributed by atoms with Crippen molar-refractivity contribution in [3.05, 3.63) is 48.0 Å². The van der Waals surface area contributed by atoms with Crippen molar-refractivity contribution in [2.24, 2.45) is 0 Å².